The number of carbonyl (C=O) groups excluding carboxylic acids is 1. The van der Waals surface area contributed by atoms with Crippen molar-refractivity contribution in [1.29, 1.82) is 0 Å². The van der Waals surface area contributed by atoms with E-state index in [0.29, 0.717) is 0 Å². The van der Waals surface area contributed by atoms with Crippen molar-refractivity contribution in [3.63, 3.8) is 0 Å². The summed E-state index contributed by atoms with van der Waals surface area (Å²) in [5.41, 5.74) is 25.6. The van der Waals surface area contributed by atoms with E-state index in [-0.39, 0.29) is 19.5 Å². The van der Waals surface area contributed by atoms with Gasteiger partial charge in [-0.05, 0) is 216 Å². The molecule has 4 aromatic heterocycles. The van der Waals surface area contributed by atoms with Crippen LogP contribution in [0.5, 0.6) is 0 Å². The number of aromatic nitrogens is 5. The minimum Gasteiger partial charge on any atom is -0.657 e. The van der Waals surface area contributed by atoms with E-state index in [4.69, 9.17) is 34.9 Å². The molecule has 0 saturated carbocycles. The molecule has 11 heteroatoms. The predicted octanol–water partition coefficient (Wildman–Crippen LogP) is 18.5. The van der Waals surface area contributed by atoms with E-state index in [9.17, 15) is 9.90 Å². The number of aromatic amines is 1. The molecule has 10 nitrogen and oxygen atoms in total. The molecule has 6 aliphatic rings. The average Bonchev–Trinajstić information content (AvgIpc) is 3.86. The monoisotopic (exact) mass is 1240 g/mol. The van der Waals surface area contributed by atoms with Gasteiger partial charge in [-0.3, -0.25) is 4.79 Å². The van der Waals surface area contributed by atoms with Crippen LogP contribution in [0.4, 0.5) is 0 Å². The molecule has 2 N–H and O–H groups in total. The molecule has 6 aliphatic heterocycles. The molecule has 0 aliphatic carbocycles. The van der Waals surface area contributed by atoms with E-state index >= 15 is 0 Å². The summed E-state index contributed by atoms with van der Waals surface area (Å²) in [5.74, 6) is 0. The number of aliphatic hydroxyl groups excluding tert-OH is 1. The molecule has 10 heterocycles. The second-order valence-corrected chi connectivity index (χ2v) is 23.9. The van der Waals surface area contributed by atoms with Crippen LogP contribution in [0.1, 0.15) is 240 Å². The molecule has 0 spiro atoms. The normalized spacial score (nSPS) is 15.2. The van der Waals surface area contributed by atoms with Crippen LogP contribution < -0.4 is 20.5 Å². The van der Waals surface area contributed by atoms with Crippen molar-refractivity contribution in [2.45, 2.75) is 209 Å². The summed E-state index contributed by atoms with van der Waals surface area (Å²) in [7, 11) is 0. The zero-order chi connectivity index (χ0) is 61.8. The smallest absolute Gasteiger partial charge is 0.657 e. The molecule has 0 atom stereocenters. The van der Waals surface area contributed by atoms with E-state index in [1.807, 2.05) is 12.2 Å². The molecule has 0 saturated heterocycles. The summed E-state index contributed by atoms with van der Waals surface area (Å²) in [5, 5.41) is 11.7. The Morgan fingerprint density at radius 2 is 0.854 bits per heavy atom. The Balaban J connectivity index is 0.000000228. The molecule has 460 valence electrons. The molecule has 10 rings (SSSR count). The van der Waals surface area contributed by atoms with Crippen molar-refractivity contribution in [3.05, 3.63) is 174 Å². The number of aliphatic hydroxyl groups is 1. The van der Waals surface area contributed by atoms with Gasteiger partial charge in [-0.2, -0.15) is 0 Å². The first kappa shape index (κ1) is 67.6. The number of H-pyrrole nitrogens is 1. The summed E-state index contributed by atoms with van der Waals surface area (Å²) < 4.78 is 0. The molecular formula is C78H94N8O2Zn. The van der Waals surface area contributed by atoms with Gasteiger partial charge < -0.3 is 20.1 Å². The molecule has 0 aromatic carbocycles. The van der Waals surface area contributed by atoms with E-state index in [2.05, 4.69) is 145 Å². The first-order chi connectivity index (χ1) is 43.2. The SMILES string of the molecule is CCCCC1=C2C=CC(=N2)C(CCCC)=C2C=CC(=N2)C(CCCC)=c2[nH]c(cc2=CC=CO)C(CCCC)=C2C=CC1=N2.CCCCc1c2nc(c(CCCC)c3cc(/C=C/C=O)c([n-]3)c(CCCC)c3nc(c(CCCC)c4ccc1[n-]4)C=C3)C=C2.[Zn+2]. The molecule has 0 amide bonds. The van der Waals surface area contributed by atoms with Crippen LogP contribution in [0.3, 0.4) is 0 Å². The Kier molecular flexibility index (Phi) is 25.8. The maximum Gasteiger partial charge on any atom is 2.00 e. The molecule has 0 fully saturated rings. The van der Waals surface area contributed by atoms with E-state index < -0.39 is 0 Å². The number of carbonyl (C=O) groups is 1. The zero-order valence-corrected chi connectivity index (χ0v) is 57.7. The van der Waals surface area contributed by atoms with Gasteiger partial charge in [-0.25, -0.2) is 24.9 Å². The molecule has 89 heavy (non-hydrogen) atoms. The maximum atomic E-state index is 11.4. The number of rotatable bonds is 27. The van der Waals surface area contributed by atoms with Gasteiger partial charge in [-0.1, -0.05) is 131 Å². The minimum absolute atomic E-state index is 0. The number of aldehydes is 1. The summed E-state index contributed by atoms with van der Waals surface area (Å²) in [6.07, 6.45) is 55.7. The standard InChI is InChI=1S/C39H48N4O.C39H47N4O.Zn/c2*1-5-9-15-28-32-19-20-33(40-32)29(16-10-6-2)35-23-24-37(42-35)31(18-12-8-4)39-27(14-13-25-44)26-38(43-39)30(17-11-7-3)36-22-21-34(28)41-36;/h13-14,19-26,43-44H,5-12,15-18H2,1-4H3;13-14,19-26H,5-12,15-18H2,1-4H3,(H-,40,41,42,43,44);/q;-1;+2/p-1. The van der Waals surface area contributed by atoms with Crippen LogP contribution in [-0.2, 0) is 50.0 Å². The Bertz CT molecular complexity index is 3940. The average molecular weight is 1240 g/mol. The quantitative estimate of drug-likeness (QED) is 0.0227. The minimum atomic E-state index is 0. The van der Waals surface area contributed by atoms with Crippen molar-refractivity contribution in [2.24, 2.45) is 15.0 Å². The van der Waals surface area contributed by atoms with Crippen molar-refractivity contribution in [2.75, 3.05) is 0 Å². The van der Waals surface area contributed by atoms with Gasteiger partial charge in [0.1, 0.15) is 6.29 Å². The number of unbranched alkanes of at least 4 members (excludes halogenated alkanes) is 8. The molecule has 16 bridgehead atoms. The second-order valence-electron chi connectivity index (χ2n) is 23.9. The van der Waals surface area contributed by atoms with Crippen molar-refractivity contribution in [3.8, 4) is 0 Å². The van der Waals surface area contributed by atoms with E-state index in [0.717, 1.165) is 279 Å². The number of hydrogen-bond acceptors (Lipinski definition) is 7. The summed E-state index contributed by atoms with van der Waals surface area (Å²) in [6.45, 7) is 17.9. The first-order valence-corrected chi connectivity index (χ1v) is 33.6. The Hall–Kier alpha value is -7.36. The van der Waals surface area contributed by atoms with Crippen LogP contribution >= 0.6 is 0 Å². The molecule has 0 unspecified atom stereocenters. The number of aryl methyl sites for hydroxylation is 4. The van der Waals surface area contributed by atoms with Gasteiger partial charge in [0.2, 0.25) is 0 Å². The Labute approximate surface area is 542 Å². The summed E-state index contributed by atoms with van der Waals surface area (Å²) in [4.78, 5) is 52.3. The first-order valence-electron chi connectivity index (χ1n) is 33.6. The number of nitrogens with one attached hydrogen (secondary N) is 1. The van der Waals surface area contributed by atoms with Crippen molar-refractivity contribution >= 4 is 93.1 Å². The zero-order valence-electron chi connectivity index (χ0n) is 54.7. The second kappa shape index (κ2) is 34.0. The van der Waals surface area contributed by atoms with Gasteiger partial charge in [0.05, 0.1) is 68.6 Å². The van der Waals surface area contributed by atoms with E-state index in [1.54, 1.807) is 12.2 Å². The van der Waals surface area contributed by atoms with Crippen molar-refractivity contribution in [1.82, 2.24) is 24.9 Å². The van der Waals surface area contributed by atoms with Gasteiger partial charge in [-0.15, -0.1) is 22.1 Å². The van der Waals surface area contributed by atoms with E-state index in [1.165, 1.54) is 33.4 Å². The number of allylic oxidation sites excluding steroid dienone is 11. The van der Waals surface area contributed by atoms with Crippen LogP contribution in [0.15, 0.2) is 122 Å². The number of nitrogens with zero attached hydrogens (tertiary/aromatic N) is 7. The third kappa shape index (κ3) is 16.4. The third-order valence-electron chi connectivity index (χ3n) is 17.4. The van der Waals surface area contributed by atoms with Gasteiger partial charge >= 0.3 is 19.5 Å². The Morgan fingerprint density at radius 1 is 0.449 bits per heavy atom. The number of hydrogen-bond donors (Lipinski definition) is 2. The summed E-state index contributed by atoms with van der Waals surface area (Å²) in [6, 6.07) is 8.73. The summed E-state index contributed by atoms with van der Waals surface area (Å²) >= 11 is 0. The largest absolute Gasteiger partial charge is 2.00 e. The molecular weight excluding hydrogens is 1150 g/mol. The molecule has 0 radical (unpaired) electrons. The fraction of sp³-hybridized carbons (Fsp3) is 0.410. The Morgan fingerprint density at radius 3 is 1.31 bits per heavy atom. The fourth-order valence-corrected chi connectivity index (χ4v) is 12.4. The van der Waals surface area contributed by atoms with Gasteiger partial charge in [0.15, 0.2) is 0 Å². The number of aliphatic imine (C=N–C) groups is 3. The van der Waals surface area contributed by atoms with Crippen LogP contribution in [-0.4, -0.2) is 43.5 Å². The topological polar surface area (TPSA) is 144 Å². The van der Waals surface area contributed by atoms with Gasteiger partial charge in [0, 0.05) is 33.2 Å². The van der Waals surface area contributed by atoms with Crippen molar-refractivity contribution < 1.29 is 29.4 Å². The van der Waals surface area contributed by atoms with Crippen LogP contribution in [0.25, 0.3) is 69.7 Å². The fourth-order valence-electron chi connectivity index (χ4n) is 12.4. The predicted molar refractivity (Wildman–Crippen MR) is 375 cm³/mol. The van der Waals surface area contributed by atoms with Crippen LogP contribution in [0, 0.1) is 0 Å². The maximum absolute atomic E-state index is 11.4. The number of fused-ring (bicyclic) bond motifs is 13. The van der Waals surface area contributed by atoms with Gasteiger partial charge in [0.25, 0.3) is 0 Å². The van der Waals surface area contributed by atoms with Crippen LogP contribution in [0.2, 0.25) is 0 Å². The third-order valence-corrected chi connectivity index (χ3v) is 17.4. The molecule has 4 aromatic rings.